The van der Waals surface area contributed by atoms with Crippen molar-refractivity contribution >= 4 is 5.91 Å². The van der Waals surface area contributed by atoms with Crippen LogP contribution in [-0.2, 0) is 0 Å². The van der Waals surface area contributed by atoms with E-state index in [2.05, 4.69) is 16.3 Å². The number of rotatable bonds is 5. The Kier molecular flexibility index (Phi) is 5.59. The number of carbonyl (C=O) groups is 1. The first-order valence-electron chi connectivity index (χ1n) is 7.36. The summed E-state index contributed by atoms with van der Waals surface area (Å²) in [6, 6.07) is 9.63. The zero-order valence-corrected chi connectivity index (χ0v) is 12.3. The van der Waals surface area contributed by atoms with E-state index in [1.54, 1.807) is 6.07 Å². The minimum atomic E-state index is -0.0854. The number of hydrogen-bond donors (Lipinski definition) is 1. The van der Waals surface area contributed by atoms with Crippen LogP contribution in [0.5, 0.6) is 5.75 Å². The molecular weight excluding hydrogens is 266 g/mol. The first-order chi connectivity index (χ1) is 10.2. The van der Waals surface area contributed by atoms with Gasteiger partial charge >= 0.3 is 0 Å². The highest BCUT2D eigenvalue weighted by atomic mass is 16.5. The molecule has 0 unspecified atom stereocenters. The van der Waals surface area contributed by atoms with Crippen molar-refractivity contribution in [2.75, 3.05) is 26.2 Å². The average molecular weight is 287 g/mol. The fraction of sp³-hybridized carbons (Fsp3) is 0.500. The molecule has 1 heterocycles. The highest BCUT2D eigenvalue weighted by Crippen LogP contribution is 2.19. The van der Waals surface area contributed by atoms with Gasteiger partial charge in [-0.3, -0.25) is 9.69 Å². The van der Waals surface area contributed by atoms with Gasteiger partial charge in [0.05, 0.1) is 24.8 Å². The van der Waals surface area contributed by atoms with Crippen LogP contribution in [0.2, 0.25) is 0 Å². The van der Waals surface area contributed by atoms with Gasteiger partial charge in [-0.1, -0.05) is 12.1 Å². The molecular formula is C16H21N3O2. The molecule has 2 rings (SSSR count). The molecule has 1 amide bonds. The fourth-order valence-corrected chi connectivity index (χ4v) is 2.53. The second-order valence-corrected chi connectivity index (χ2v) is 5.11. The lowest BCUT2D eigenvalue weighted by Crippen LogP contribution is -2.44. The van der Waals surface area contributed by atoms with Gasteiger partial charge in [-0.2, -0.15) is 5.26 Å². The molecule has 1 fully saturated rings. The van der Waals surface area contributed by atoms with E-state index in [-0.39, 0.29) is 11.9 Å². The zero-order chi connectivity index (χ0) is 15.1. The van der Waals surface area contributed by atoms with E-state index in [9.17, 15) is 4.79 Å². The Balaban J connectivity index is 1.92. The van der Waals surface area contributed by atoms with E-state index in [0.717, 1.165) is 25.9 Å². The molecule has 0 aliphatic carbocycles. The van der Waals surface area contributed by atoms with Crippen LogP contribution in [0.4, 0.5) is 0 Å². The highest BCUT2D eigenvalue weighted by Gasteiger charge is 2.22. The number of nitrogens with zero attached hydrogens (tertiary/aromatic N) is 2. The Hall–Kier alpha value is -2.06. The number of likely N-dealkylation sites (tertiary alicyclic amines) is 1. The van der Waals surface area contributed by atoms with E-state index < -0.39 is 0 Å². The number of nitriles is 1. The van der Waals surface area contributed by atoms with Gasteiger partial charge in [-0.15, -0.1) is 0 Å². The van der Waals surface area contributed by atoms with Crippen molar-refractivity contribution < 1.29 is 9.53 Å². The normalized spacial score (nSPS) is 16.2. The summed E-state index contributed by atoms with van der Waals surface area (Å²) in [7, 11) is 0. The third kappa shape index (κ3) is 4.20. The quantitative estimate of drug-likeness (QED) is 0.839. The number of hydrogen-bond acceptors (Lipinski definition) is 4. The third-order valence-corrected chi connectivity index (χ3v) is 3.65. The van der Waals surface area contributed by atoms with Crippen LogP contribution in [0.1, 0.15) is 30.1 Å². The molecule has 5 nitrogen and oxygen atoms in total. The van der Waals surface area contributed by atoms with Gasteiger partial charge < -0.3 is 10.1 Å². The maximum atomic E-state index is 12.4. The molecule has 1 aliphatic heterocycles. The minimum absolute atomic E-state index is 0.0854. The number of amides is 1. The predicted molar refractivity (Wildman–Crippen MR) is 80.2 cm³/mol. The Bertz CT molecular complexity index is 516. The molecule has 1 aromatic rings. The van der Waals surface area contributed by atoms with Crippen LogP contribution >= 0.6 is 0 Å². The molecule has 0 atom stereocenters. The van der Waals surface area contributed by atoms with E-state index >= 15 is 0 Å². The van der Waals surface area contributed by atoms with Gasteiger partial charge in [0, 0.05) is 19.1 Å². The molecule has 0 bridgehead atoms. The summed E-state index contributed by atoms with van der Waals surface area (Å²) >= 11 is 0. The summed E-state index contributed by atoms with van der Waals surface area (Å²) in [6.07, 6.45) is 1.76. The Morgan fingerprint density at radius 1 is 1.43 bits per heavy atom. The number of piperidine rings is 1. The molecule has 0 aromatic heterocycles. The van der Waals surface area contributed by atoms with Gasteiger partial charge in [0.1, 0.15) is 5.75 Å². The number of carbonyl (C=O) groups excluding carboxylic acids is 1. The maximum absolute atomic E-state index is 12.4. The van der Waals surface area contributed by atoms with Crippen molar-refractivity contribution in [2.45, 2.75) is 25.8 Å². The molecule has 1 N–H and O–H groups in total. The van der Waals surface area contributed by atoms with Gasteiger partial charge in [-0.05, 0) is 31.9 Å². The van der Waals surface area contributed by atoms with Crippen LogP contribution in [-0.4, -0.2) is 43.1 Å². The lowest BCUT2D eigenvalue weighted by Gasteiger charge is -2.30. The van der Waals surface area contributed by atoms with Gasteiger partial charge in [0.2, 0.25) is 0 Å². The molecule has 0 spiro atoms. The maximum Gasteiger partial charge on any atom is 0.255 e. The number of ether oxygens (including phenoxy) is 1. The molecule has 1 aromatic carbocycles. The van der Waals surface area contributed by atoms with Crippen molar-refractivity contribution in [1.29, 1.82) is 5.26 Å². The summed E-state index contributed by atoms with van der Waals surface area (Å²) in [4.78, 5) is 14.5. The van der Waals surface area contributed by atoms with Gasteiger partial charge in [0.25, 0.3) is 5.91 Å². The summed E-state index contributed by atoms with van der Waals surface area (Å²) in [5.41, 5.74) is 0.582. The Labute approximate surface area is 125 Å². The van der Waals surface area contributed by atoms with E-state index in [1.165, 1.54) is 0 Å². The number of benzene rings is 1. The monoisotopic (exact) mass is 287 g/mol. The lowest BCUT2D eigenvalue weighted by molar-refractivity contribution is 0.0910. The van der Waals surface area contributed by atoms with Crippen LogP contribution < -0.4 is 10.1 Å². The smallest absolute Gasteiger partial charge is 0.255 e. The minimum Gasteiger partial charge on any atom is -0.493 e. The first kappa shape index (κ1) is 15.3. The second kappa shape index (κ2) is 7.65. The van der Waals surface area contributed by atoms with Crippen molar-refractivity contribution in [1.82, 2.24) is 10.2 Å². The Morgan fingerprint density at radius 2 is 2.14 bits per heavy atom. The molecule has 5 heteroatoms. The van der Waals surface area contributed by atoms with Crippen molar-refractivity contribution in [2.24, 2.45) is 0 Å². The molecule has 112 valence electrons. The fourth-order valence-electron chi connectivity index (χ4n) is 2.53. The third-order valence-electron chi connectivity index (χ3n) is 3.65. The van der Waals surface area contributed by atoms with E-state index in [1.807, 2.05) is 25.1 Å². The molecule has 1 saturated heterocycles. The topological polar surface area (TPSA) is 65.4 Å². The van der Waals surface area contributed by atoms with E-state index in [4.69, 9.17) is 10.00 Å². The van der Waals surface area contributed by atoms with Crippen molar-refractivity contribution in [3.05, 3.63) is 29.8 Å². The molecule has 0 saturated carbocycles. The first-order valence-corrected chi connectivity index (χ1v) is 7.36. The van der Waals surface area contributed by atoms with Crippen molar-refractivity contribution in [3.8, 4) is 11.8 Å². The molecule has 0 radical (unpaired) electrons. The summed E-state index contributed by atoms with van der Waals surface area (Å²) < 4.78 is 5.49. The van der Waals surface area contributed by atoms with Gasteiger partial charge in [-0.25, -0.2) is 0 Å². The van der Waals surface area contributed by atoms with Crippen LogP contribution in [0.3, 0.4) is 0 Å². The molecule has 21 heavy (non-hydrogen) atoms. The summed E-state index contributed by atoms with van der Waals surface area (Å²) in [5, 5.41) is 11.8. The van der Waals surface area contributed by atoms with Crippen LogP contribution in [0, 0.1) is 11.3 Å². The standard InChI is InChI=1S/C16H21N3O2/c1-2-21-15-6-4-3-5-14(15)16(20)18-13-7-10-19(11-8-13)12-9-17/h3-6,13H,2,7-8,10-12H2,1H3,(H,18,20). The highest BCUT2D eigenvalue weighted by molar-refractivity contribution is 5.97. The van der Waals surface area contributed by atoms with E-state index in [0.29, 0.717) is 24.5 Å². The largest absolute Gasteiger partial charge is 0.493 e. The predicted octanol–water partition coefficient (Wildman–Crippen LogP) is 1.80. The second-order valence-electron chi connectivity index (χ2n) is 5.11. The Morgan fingerprint density at radius 3 is 2.81 bits per heavy atom. The van der Waals surface area contributed by atoms with Gasteiger partial charge in [0.15, 0.2) is 0 Å². The zero-order valence-electron chi connectivity index (χ0n) is 12.3. The van der Waals surface area contributed by atoms with Crippen LogP contribution in [0.15, 0.2) is 24.3 Å². The van der Waals surface area contributed by atoms with Crippen LogP contribution in [0.25, 0.3) is 0 Å². The number of nitrogens with one attached hydrogen (secondary N) is 1. The number of para-hydroxylation sites is 1. The summed E-state index contributed by atoms with van der Waals surface area (Å²) in [5.74, 6) is 0.539. The SMILES string of the molecule is CCOc1ccccc1C(=O)NC1CCN(CC#N)CC1. The lowest BCUT2D eigenvalue weighted by atomic mass is 10.0. The average Bonchev–Trinajstić information content (AvgIpc) is 2.50. The van der Waals surface area contributed by atoms with Crippen molar-refractivity contribution in [3.63, 3.8) is 0 Å². The molecule has 1 aliphatic rings. The summed E-state index contributed by atoms with van der Waals surface area (Å²) in [6.45, 7) is 4.61.